The van der Waals surface area contributed by atoms with Crippen molar-refractivity contribution < 1.29 is 9.53 Å². The third kappa shape index (κ3) is 4.50. The molecule has 1 amide bonds. The van der Waals surface area contributed by atoms with Crippen molar-refractivity contribution in [3.05, 3.63) is 64.7 Å². The number of hydrogen-bond acceptors (Lipinski definition) is 2. The molecule has 0 heterocycles. The van der Waals surface area contributed by atoms with Gasteiger partial charge in [0.2, 0.25) is 0 Å². The average molecular weight is 304 g/mol. The lowest BCUT2D eigenvalue weighted by atomic mass is 10.1. The summed E-state index contributed by atoms with van der Waals surface area (Å²) in [7, 11) is 0. The van der Waals surface area contributed by atoms with Gasteiger partial charge in [-0.15, -0.1) is 0 Å². The highest BCUT2D eigenvalue weighted by molar-refractivity contribution is 6.30. The van der Waals surface area contributed by atoms with Crippen LogP contribution in [0.1, 0.15) is 18.1 Å². The number of rotatable bonds is 5. The van der Waals surface area contributed by atoms with E-state index in [-0.39, 0.29) is 5.91 Å². The van der Waals surface area contributed by atoms with E-state index in [1.165, 1.54) is 0 Å². The van der Waals surface area contributed by atoms with Crippen LogP contribution in [-0.2, 0) is 11.3 Å². The number of carbonyl (C=O) groups excluding carboxylic acids is 1. The number of halogens is 1. The molecule has 110 valence electrons. The van der Waals surface area contributed by atoms with Gasteiger partial charge in [0.1, 0.15) is 5.75 Å². The van der Waals surface area contributed by atoms with E-state index in [2.05, 4.69) is 5.32 Å². The fourth-order valence-corrected chi connectivity index (χ4v) is 2.03. The molecule has 0 aromatic heterocycles. The molecule has 0 saturated carbocycles. The molecule has 3 nitrogen and oxygen atoms in total. The average Bonchev–Trinajstić information content (AvgIpc) is 2.48. The van der Waals surface area contributed by atoms with E-state index < -0.39 is 6.10 Å². The molecule has 0 bridgehead atoms. The third-order valence-corrected chi connectivity index (χ3v) is 3.46. The Morgan fingerprint density at radius 3 is 2.52 bits per heavy atom. The highest BCUT2D eigenvalue weighted by atomic mass is 35.5. The first kappa shape index (κ1) is 15.4. The van der Waals surface area contributed by atoms with Gasteiger partial charge in [-0.1, -0.05) is 35.9 Å². The second-order valence-corrected chi connectivity index (χ2v) is 5.29. The van der Waals surface area contributed by atoms with Gasteiger partial charge < -0.3 is 10.1 Å². The number of amides is 1. The molecule has 4 heteroatoms. The van der Waals surface area contributed by atoms with Gasteiger partial charge in [-0.3, -0.25) is 4.79 Å². The third-order valence-electron chi connectivity index (χ3n) is 3.21. The first-order chi connectivity index (χ1) is 10.1. The highest BCUT2D eigenvalue weighted by Gasteiger charge is 2.14. The van der Waals surface area contributed by atoms with Gasteiger partial charge in [-0.05, 0) is 49.2 Å². The summed E-state index contributed by atoms with van der Waals surface area (Å²) in [5.74, 6) is 0.478. The zero-order valence-electron chi connectivity index (χ0n) is 12.1. The van der Waals surface area contributed by atoms with Crippen molar-refractivity contribution in [1.82, 2.24) is 5.32 Å². The van der Waals surface area contributed by atoms with Gasteiger partial charge in [0.15, 0.2) is 6.10 Å². The lowest BCUT2D eigenvalue weighted by molar-refractivity contribution is -0.127. The molecule has 0 unspecified atom stereocenters. The zero-order valence-corrected chi connectivity index (χ0v) is 12.9. The predicted octanol–water partition coefficient (Wildman–Crippen LogP) is 3.73. The Bertz CT molecular complexity index is 610. The molecule has 1 atom stereocenters. The van der Waals surface area contributed by atoms with Crippen molar-refractivity contribution in [3.63, 3.8) is 0 Å². The van der Waals surface area contributed by atoms with Crippen LogP contribution >= 0.6 is 11.6 Å². The van der Waals surface area contributed by atoms with Crippen LogP contribution < -0.4 is 10.1 Å². The van der Waals surface area contributed by atoms with Gasteiger partial charge in [-0.25, -0.2) is 0 Å². The summed E-state index contributed by atoms with van der Waals surface area (Å²) in [6.45, 7) is 4.25. The molecule has 2 aromatic carbocycles. The van der Waals surface area contributed by atoms with Crippen LogP contribution in [-0.4, -0.2) is 12.0 Å². The first-order valence-corrected chi connectivity index (χ1v) is 7.18. The Kier molecular flexibility index (Phi) is 5.23. The minimum atomic E-state index is -0.560. The molecular weight excluding hydrogens is 286 g/mol. The summed E-state index contributed by atoms with van der Waals surface area (Å²) in [5.41, 5.74) is 2.26. The van der Waals surface area contributed by atoms with E-state index in [1.807, 2.05) is 31.2 Å². The molecule has 21 heavy (non-hydrogen) atoms. The van der Waals surface area contributed by atoms with Crippen LogP contribution in [0.25, 0.3) is 0 Å². The molecule has 0 aliphatic heterocycles. The normalized spacial score (nSPS) is 11.8. The Morgan fingerprint density at radius 1 is 1.19 bits per heavy atom. The fourth-order valence-electron chi connectivity index (χ4n) is 1.91. The summed E-state index contributed by atoms with van der Waals surface area (Å²) < 4.78 is 5.58. The Labute approximate surface area is 129 Å². The second kappa shape index (κ2) is 7.14. The van der Waals surface area contributed by atoms with Gasteiger partial charge in [0, 0.05) is 11.6 Å². The van der Waals surface area contributed by atoms with Crippen molar-refractivity contribution >= 4 is 17.5 Å². The first-order valence-electron chi connectivity index (χ1n) is 6.80. The largest absolute Gasteiger partial charge is 0.481 e. The molecule has 0 radical (unpaired) electrons. The lowest BCUT2D eigenvalue weighted by Crippen LogP contribution is -2.36. The van der Waals surface area contributed by atoms with Crippen LogP contribution in [0.4, 0.5) is 0 Å². The van der Waals surface area contributed by atoms with Crippen molar-refractivity contribution in [2.45, 2.75) is 26.5 Å². The summed E-state index contributed by atoms with van der Waals surface area (Å²) >= 11 is 5.81. The van der Waals surface area contributed by atoms with Crippen LogP contribution in [0.2, 0.25) is 5.02 Å². The predicted molar refractivity (Wildman–Crippen MR) is 84.6 cm³/mol. The molecule has 0 spiro atoms. The number of benzene rings is 2. The summed E-state index contributed by atoms with van der Waals surface area (Å²) in [6.07, 6.45) is -0.560. The monoisotopic (exact) mass is 303 g/mol. The summed E-state index contributed by atoms with van der Waals surface area (Å²) in [5, 5.41) is 3.52. The number of hydrogen-bond donors (Lipinski definition) is 1. The van der Waals surface area contributed by atoms with Crippen LogP contribution in [0, 0.1) is 6.92 Å². The second-order valence-electron chi connectivity index (χ2n) is 4.86. The molecule has 0 aliphatic carbocycles. The molecule has 2 aromatic rings. The molecule has 2 rings (SSSR count). The molecule has 0 fully saturated rings. The Balaban J connectivity index is 1.88. The number of nitrogens with one attached hydrogen (secondary N) is 1. The molecule has 1 N–H and O–H groups in total. The number of carbonyl (C=O) groups is 1. The Morgan fingerprint density at radius 2 is 1.86 bits per heavy atom. The van der Waals surface area contributed by atoms with E-state index in [0.29, 0.717) is 17.3 Å². The maximum absolute atomic E-state index is 12.0. The van der Waals surface area contributed by atoms with E-state index in [9.17, 15) is 4.79 Å². The molecular formula is C17H18ClNO2. The summed E-state index contributed by atoms with van der Waals surface area (Å²) in [4.78, 5) is 12.0. The fraction of sp³-hybridized carbons (Fsp3) is 0.235. The van der Waals surface area contributed by atoms with Gasteiger partial charge in [0.05, 0.1) is 0 Å². The zero-order chi connectivity index (χ0) is 15.2. The topological polar surface area (TPSA) is 38.3 Å². The number of aryl methyl sites for hydroxylation is 1. The smallest absolute Gasteiger partial charge is 0.261 e. The SMILES string of the molecule is Cc1ccccc1CNC(=O)[C@H](C)Oc1ccc(Cl)cc1. The maximum atomic E-state index is 12.0. The Hall–Kier alpha value is -2.00. The maximum Gasteiger partial charge on any atom is 0.261 e. The summed E-state index contributed by atoms with van der Waals surface area (Å²) in [6, 6.07) is 14.9. The van der Waals surface area contributed by atoms with Crippen molar-refractivity contribution in [3.8, 4) is 5.75 Å². The van der Waals surface area contributed by atoms with E-state index >= 15 is 0 Å². The van der Waals surface area contributed by atoms with Crippen molar-refractivity contribution in [2.24, 2.45) is 0 Å². The van der Waals surface area contributed by atoms with Gasteiger partial charge >= 0.3 is 0 Å². The van der Waals surface area contributed by atoms with Crippen LogP contribution in [0.3, 0.4) is 0 Å². The van der Waals surface area contributed by atoms with Crippen molar-refractivity contribution in [2.75, 3.05) is 0 Å². The van der Waals surface area contributed by atoms with Crippen molar-refractivity contribution in [1.29, 1.82) is 0 Å². The highest BCUT2D eigenvalue weighted by Crippen LogP contribution is 2.16. The van der Waals surface area contributed by atoms with Gasteiger partial charge in [-0.2, -0.15) is 0 Å². The van der Waals surface area contributed by atoms with E-state index in [1.54, 1.807) is 31.2 Å². The van der Waals surface area contributed by atoms with E-state index in [0.717, 1.165) is 11.1 Å². The molecule has 0 aliphatic rings. The minimum absolute atomic E-state index is 0.145. The number of ether oxygens (including phenoxy) is 1. The molecule has 0 saturated heterocycles. The minimum Gasteiger partial charge on any atom is -0.481 e. The van der Waals surface area contributed by atoms with Crippen LogP contribution in [0.5, 0.6) is 5.75 Å². The van der Waals surface area contributed by atoms with Crippen LogP contribution in [0.15, 0.2) is 48.5 Å². The standard InChI is InChI=1S/C17H18ClNO2/c1-12-5-3-4-6-14(12)11-19-17(20)13(2)21-16-9-7-15(18)8-10-16/h3-10,13H,11H2,1-2H3,(H,19,20)/t13-/m0/s1. The van der Waals surface area contributed by atoms with Gasteiger partial charge in [0.25, 0.3) is 5.91 Å². The lowest BCUT2D eigenvalue weighted by Gasteiger charge is -2.15. The van der Waals surface area contributed by atoms with E-state index in [4.69, 9.17) is 16.3 Å². The quantitative estimate of drug-likeness (QED) is 0.914.